The van der Waals surface area contributed by atoms with Crippen LogP contribution in [-0.2, 0) is 25.3 Å². The monoisotopic (exact) mass is 287 g/mol. The molecule has 0 bridgehead atoms. The maximum Gasteiger partial charge on any atom is 0.263 e. The Bertz CT molecular complexity index is 574. The van der Waals surface area contributed by atoms with Gasteiger partial charge < -0.3 is 5.11 Å². The number of hydrogen-bond donors (Lipinski definition) is 3. The summed E-state index contributed by atoms with van der Waals surface area (Å²) in [6, 6.07) is 8.45. The van der Waals surface area contributed by atoms with E-state index in [1.807, 2.05) is 0 Å². The predicted octanol–water partition coefficient (Wildman–Crippen LogP) is -0.575. The number of imide groups is 1. The topological polar surface area (TPSA) is 121 Å². The van der Waals surface area contributed by atoms with Crippen LogP contribution in [0.15, 0.2) is 30.3 Å². The van der Waals surface area contributed by atoms with E-state index in [0.29, 0.717) is 11.8 Å². The molecule has 3 N–H and O–H groups in total. The van der Waals surface area contributed by atoms with Crippen LogP contribution in [0.4, 0.5) is 0 Å². The van der Waals surface area contributed by atoms with Gasteiger partial charge in [-0.05, 0) is 5.56 Å². The molecular formula is C11H13NO6S. The summed E-state index contributed by atoms with van der Waals surface area (Å²) in [7, 11) is -3.67. The number of nitrogens with one attached hydrogen (secondary N) is 1. The van der Waals surface area contributed by atoms with Gasteiger partial charge in [0.05, 0.1) is 12.7 Å². The van der Waals surface area contributed by atoms with Crippen molar-refractivity contribution in [1.29, 1.82) is 0 Å². The van der Waals surface area contributed by atoms with Gasteiger partial charge in [0.25, 0.3) is 16.0 Å². The summed E-state index contributed by atoms with van der Waals surface area (Å²) in [4.78, 5) is 22.3. The molecule has 1 aliphatic rings. The fraction of sp³-hybridized carbons (Fsp3) is 0.273. The van der Waals surface area contributed by atoms with Crippen LogP contribution >= 0.6 is 0 Å². The summed E-state index contributed by atoms with van der Waals surface area (Å²) in [6.45, 7) is 0. The smallest absolute Gasteiger partial charge is 0.263 e. The Morgan fingerprint density at radius 1 is 1.21 bits per heavy atom. The lowest BCUT2D eigenvalue weighted by Crippen LogP contribution is -2.35. The Balaban J connectivity index is 0.000000312. The maximum absolute atomic E-state index is 11.3. The van der Waals surface area contributed by atoms with Gasteiger partial charge in [0.1, 0.15) is 0 Å². The van der Waals surface area contributed by atoms with Gasteiger partial charge in [0, 0.05) is 0 Å². The van der Waals surface area contributed by atoms with Gasteiger partial charge in [0.2, 0.25) is 5.91 Å². The van der Waals surface area contributed by atoms with E-state index >= 15 is 0 Å². The highest BCUT2D eigenvalue weighted by molar-refractivity contribution is 7.85. The van der Waals surface area contributed by atoms with E-state index in [-0.39, 0.29) is 6.42 Å². The highest BCUT2D eigenvalue weighted by atomic mass is 32.2. The van der Waals surface area contributed by atoms with Crippen LogP contribution in [0.3, 0.4) is 0 Å². The molecule has 0 saturated carbocycles. The Labute approximate surface area is 110 Å². The lowest BCUT2D eigenvalue weighted by atomic mass is 9.92. The molecule has 1 saturated heterocycles. The standard InChI is InChI=1S/C10H9NO3.CH4O3S/c12-8-6-10(14,9(13)11-8)7-4-2-1-3-5-7;1-5(2,3)4/h1-5,14H,6H2,(H,11,12,13);1H3,(H,2,3,4). The second-order valence-electron chi connectivity index (χ2n) is 4.01. The third-order valence-corrected chi connectivity index (χ3v) is 2.30. The summed E-state index contributed by atoms with van der Waals surface area (Å²) >= 11 is 0. The molecule has 0 aliphatic carbocycles. The first-order chi connectivity index (χ1) is 8.63. The SMILES string of the molecule is CS(=O)(=O)O.O=C1CC(O)(c2ccccc2)C(=O)N1. The van der Waals surface area contributed by atoms with E-state index in [2.05, 4.69) is 5.32 Å². The first kappa shape index (κ1) is 15.3. The Morgan fingerprint density at radius 2 is 1.68 bits per heavy atom. The summed E-state index contributed by atoms with van der Waals surface area (Å²) in [5.74, 6) is -1.09. The zero-order chi connectivity index (χ0) is 14.7. The van der Waals surface area contributed by atoms with Gasteiger partial charge in [-0.1, -0.05) is 30.3 Å². The van der Waals surface area contributed by atoms with Crippen LogP contribution in [0.5, 0.6) is 0 Å². The molecule has 2 rings (SSSR count). The van der Waals surface area contributed by atoms with Gasteiger partial charge in [-0.2, -0.15) is 8.42 Å². The first-order valence-corrected chi connectivity index (χ1v) is 7.02. The van der Waals surface area contributed by atoms with Crippen molar-refractivity contribution in [2.24, 2.45) is 0 Å². The minimum Gasteiger partial charge on any atom is -0.375 e. The van der Waals surface area contributed by atoms with Gasteiger partial charge in [0.15, 0.2) is 5.60 Å². The summed E-state index contributed by atoms with van der Waals surface area (Å²) in [6.07, 6.45) is 0.517. The van der Waals surface area contributed by atoms with Crippen molar-refractivity contribution in [3.05, 3.63) is 35.9 Å². The molecule has 1 aromatic carbocycles. The fourth-order valence-corrected chi connectivity index (χ4v) is 1.53. The third kappa shape index (κ3) is 4.43. The van der Waals surface area contributed by atoms with E-state index in [1.54, 1.807) is 30.3 Å². The zero-order valence-electron chi connectivity index (χ0n) is 10.0. The number of aliphatic hydroxyl groups is 1. The minimum absolute atomic E-state index is 0.199. The molecule has 1 aromatic rings. The summed E-state index contributed by atoms with van der Waals surface area (Å²) < 4.78 is 25.9. The molecule has 0 radical (unpaired) electrons. The van der Waals surface area contributed by atoms with Crippen LogP contribution in [0.1, 0.15) is 12.0 Å². The van der Waals surface area contributed by atoms with Crippen molar-refractivity contribution in [2.45, 2.75) is 12.0 Å². The van der Waals surface area contributed by atoms with Crippen molar-refractivity contribution < 1.29 is 27.7 Å². The molecule has 1 fully saturated rings. The number of carbonyl (C=O) groups is 2. The Kier molecular flexibility index (Phi) is 4.40. The number of amides is 2. The number of hydrogen-bond acceptors (Lipinski definition) is 5. The van der Waals surface area contributed by atoms with Crippen LogP contribution in [0.25, 0.3) is 0 Å². The molecule has 0 aromatic heterocycles. The molecule has 1 unspecified atom stereocenters. The molecule has 19 heavy (non-hydrogen) atoms. The quantitative estimate of drug-likeness (QED) is 0.469. The highest BCUT2D eigenvalue weighted by Crippen LogP contribution is 2.28. The van der Waals surface area contributed by atoms with Crippen LogP contribution in [0.2, 0.25) is 0 Å². The van der Waals surface area contributed by atoms with Crippen LogP contribution in [0, 0.1) is 0 Å². The van der Waals surface area contributed by atoms with Gasteiger partial charge >= 0.3 is 0 Å². The number of benzene rings is 1. The molecule has 1 aliphatic heterocycles. The zero-order valence-corrected chi connectivity index (χ0v) is 10.8. The first-order valence-electron chi connectivity index (χ1n) is 5.17. The molecule has 1 atom stereocenters. The molecule has 104 valence electrons. The van der Waals surface area contributed by atoms with E-state index in [1.165, 1.54) is 0 Å². The van der Waals surface area contributed by atoms with Crippen molar-refractivity contribution in [1.82, 2.24) is 5.32 Å². The van der Waals surface area contributed by atoms with Crippen molar-refractivity contribution in [3.8, 4) is 0 Å². The normalized spacial score (nSPS) is 22.5. The largest absolute Gasteiger partial charge is 0.375 e. The van der Waals surface area contributed by atoms with E-state index in [4.69, 9.17) is 4.55 Å². The minimum atomic E-state index is -3.67. The fourth-order valence-electron chi connectivity index (χ4n) is 1.53. The second-order valence-corrected chi connectivity index (χ2v) is 5.48. The van der Waals surface area contributed by atoms with Gasteiger partial charge in [-0.15, -0.1) is 0 Å². The van der Waals surface area contributed by atoms with Crippen molar-refractivity contribution in [3.63, 3.8) is 0 Å². The Hall–Kier alpha value is -1.77. The van der Waals surface area contributed by atoms with E-state index in [9.17, 15) is 23.1 Å². The van der Waals surface area contributed by atoms with E-state index < -0.39 is 27.5 Å². The molecule has 1 heterocycles. The molecule has 8 heteroatoms. The van der Waals surface area contributed by atoms with Gasteiger partial charge in [-0.3, -0.25) is 19.5 Å². The lowest BCUT2D eigenvalue weighted by molar-refractivity contribution is -0.135. The summed E-state index contributed by atoms with van der Waals surface area (Å²) in [5.41, 5.74) is -1.23. The van der Waals surface area contributed by atoms with Crippen molar-refractivity contribution in [2.75, 3.05) is 6.26 Å². The summed E-state index contributed by atoms with van der Waals surface area (Å²) in [5, 5.41) is 12.0. The number of rotatable bonds is 1. The molecule has 7 nitrogen and oxygen atoms in total. The molecular weight excluding hydrogens is 274 g/mol. The molecule has 2 amide bonds. The lowest BCUT2D eigenvalue weighted by Gasteiger charge is -2.17. The number of carbonyl (C=O) groups excluding carboxylic acids is 2. The third-order valence-electron chi connectivity index (χ3n) is 2.30. The van der Waals surface area contributed by atoms with Crippen molar-refractivity contribution >= 4 is 21.9 Å². The highest BCUT2D eigenvalue weighted by Gasteiger charge is 2.46. The van der Waals surface area contributed by atoms with Crippen LogP contribution in [-0.4, -0.2) is 36.1 Å². The average Bonchev–Trinajstić information content (AvgIpc) is 2.53. The predicted molar refractivity (Wildman–Crippen MR) is 65.6 cm³/mol. The van der Waals surface area contributed by atoms with E-state index in [0.717, 1.165) is 0 Å². The Morgan fingerprint density at radius 3 is 2.05 bits per heavy atom. The van der Waals surface area contributed by atoms with Crippen LogP contribution < -0.4 is 5.32 Å². The van der Waals surface area contributed by atoms with Gasteiger partial charge in [-0.25, -0.2) is 0 Å². The maximum atomic E-state index is 11.3. The second kappa shape index (κ2) is 5.47. The average molecular weight is 287 g/mol. The molecule has 0 spiro atoms.